The predicted octanol–water partition coefficient (Wildman–Crippen LogP) is 3.47. The zero-order chi connectivity index (χ0) is 20.1. The smallest absolute Gasteiger partial charge is 0.191 e. The second-order valence-electron chi connectivity index (χ2n) is 7.52. The molecule has 154 valence electrons. The van der Waals surface area contributed by atoms with Gasteiger partial charge in [-0.25, -0.2) is 4.98 Å². The van der Waals surface area contributed by atoms with E-state index in [1.807, 2.05) is 11.3 Å². The Morgan fingerprint density at radius 2 is 2.14 bits per heavy atom. The zero-order valence-corrected chi connectivity index (χ0v) is 18.1. The number of guanidine groups is 1. The number of hydrogen-bond acceptors (Lipinski definition) is 4. The van der Waals surface area contributed by atoms with Crippen LogP contribution in [0.2, 0.25) is 0 Å². The van der Waals surface area contributed by atoms with Gasteiger partial charge in [0.15, 0.2) is 5.96 Å². The monoisotopic (exact) mass is 410 g/mol. The van der Waals surface area contributed by atoms with Crippen LogP contribution in [0.3, 0.4) is 0 Å². The van der Waals surface area contributed by atoms with Crippen LogP contribution >= 0.6 is 11.3 Å². The highest BCUT2D eigenvalue weighted by Crippen LogP contribution is 2.24. The third kappa shape index (κ3) is 4.90. The number of nitrogens with zero attached hydrogens (tertiary/aromatic N) is 4. The highest BCUT2D eigenvalue weighted by Gasteiger charge is 2.20. The SMILES string of the molecule is CCNC(=NCCc1cn2cccc(C)c2n1)NC1CCN(c2cccs2)CC1. The lowest BCUT2D eigenvalue weighted by molar-refractivity contribution is 0.463. The Hall–Kier alpha value is -2.54. The third-order valence-corrected chi connectivity index (χ3v) is 6.29. The fourth-order valence-corrected chi connectivity index (χ4v) is 4.60. The number of anilines is 1. The minimum absolute atomic E-state index is 0.474. The molecule has 1 aliphatic rings. The molecule has 3 aromatic rings. The Morgan fingerprint density at radius 3 is 2.86 bits per heavy atom. The molecule has 6 nitrogen and oxygen atoms in total. The van der Waals surface area contributed by atoms with E-state index in [2.05, 4.69) is 75.8 Å². The fourth-order valence-electron chi connectivity index (χ4n) is 3.81. The molecule has 0 aliphatic carbocycles. The van der Waals surface area contributed by atoms with Gasteiger partial charge >= 0.3 is 0 Å². The Kier molecular flexibility index (Phi) is 6.34. The summed E-state index contributed by atoms with van der Waals surface area (Å²) in [6.07, 6.45) is 7.27. The predicted molar refractivity (Wildman–Crippen MR) is 122 cm³/mol. The second kappa shape index (κ2) is 9.31. The molecule has 0 atom stereocenters. The van der Waals surface area contributed by atoms with Crippen molar-refractivity contribution in [2.24, 2.45) is 4.99 Å². The molecule has 1 aliphatic heterocycles. The second-order valence-corrected chi connectivity index (χ2v) is 8.45. The van der Waals surface area contributed by atoms with Crippen molar-refractivity contribution < 1.29 is 0 Å². The van der Waals surface area contributed by atoms with Crippen LogP contribution in [0.5, 0.6) is 0 Å². The molecule has 4 rings (SSSR count). The van der Waals surface area contributed by atoms with Gasteiger partial charge in [0, 0.05) is 51.0 Å². The maximum Gasteiger partial charge on any atom is 0.191 e. The third-order valence-electron chi connectivity index (χ3n) is 5.36. The van der Waals surface area contributed by atoms with E-state index in [4.69, 9.17) is 9.98 Å². The van der Waals surface area contributed by atoms with E-state index >= 15 is 0 Å². The number of imidazole rings is 1. The van der Waals surface area contributed by atoms with Crippen molar-refractivity contribution in [3.05, 3.63) is 53.3 Å². The first-order valence-corrected chi connectivity index (χ1v) is 11.4. The number of piperidine rings is 1. The van der Waals surface area contributed by atoms with Gasteiger partial charge in [-0.15, -0.1) is 11.3 Å². The van der Waals surface area contributed by atoms with Crippen LogP contribution in [0.1, 0.15) is 31.0 Å². The summed E-state index contributed by atoms with van der Waals surface area (Å²) in [7, 11) is 0. The Balaban J connectivity index is 1.31. The van der Waals surface area contributed by atoms with Crippen molar-refractivity contribution >= 4 is 27.9 Å². The fraction of sp³-hybridized carbons (Fsp3) is 0.455. The molecule has 7 heteroatoms. The average molecular weight is 411 g/mol. The molecule has 2 N–H and O–H groups in total. The van der Waals surface area contributed by atoms with Crippen molar-refractivity contribution in [1.82, 2.24) is 20.0 Å². The average Bonchev–Trinajstić information content (AvgIpc) is 3.39. The van der Waals surface area contributed by atoms with Gasteiger partial charge in [-0.1, -0.05) is 6.07 Å². The lowest BCUT2D eigenvalue weighted by Crippen LogP contribution is -2.48. The molecule has 0 saturated carbocycles. The summed E-state index contributed by atoms with van der Waals surface area (Å²) < 4.78 is 2.10. The summed E-state index contributed by atoms with van der Waals surface area (Å²) in [6, 6.07) is 8.97. The number of pyridine rings is 1. The van der Waals surface area contributed by atoms with E-state index in [9.17, 15) is 0 Å². The molecule has 0 spiro atoms. The number of fused-ring (bicyclic) bond motifs is 1. The van der Waals surface area contributed by atoms with Crippen molar-refractivity contribution in [3.8, 4) is 0 Å². The summed E-state index contributed by atoms with van der Waals surface area (Å²) in [5, 5.41) is 10.6. The van der Waals surface area contributed by atoms with Gasteiger partial charge in [0.2, 0.25) is 0 Å². The summed E-state index contributed by atoms with van der Waals surface area (Å²) in [5.74, 6) is 0.919. The zero-order valence-electron chi connectivity index (χ0n) is 17.3. The quantitative estimate of drug-likeness (QED) is 0.483. The van der Waals surface area contributed by atoms with Gasteiger partial charge in [0.1, 0.15) is 5.65 Å². The van der Waals surface area contributed by atoms with Crippen LogP contribution in [0.4, 0.5) is 5.00 Å². The normalized spacial score (nSPS) is 15.8. The van der Waals surface area contributed by atoms with Crippen molar-refractivity contribution in [2.45, 2.75) is 39.2 Å². The number of hydrogen-bond donors (Lipinski definition) is 2. The molecule has 0 bridgehead atoms. The van der Waals surface area contributed by atoms with E-state index < -0.39 is 0 Å². The molecule has 1 fully saturated rings. The molecule has 3 aromatic heterocycles. The number of thiophene rings is 1. The van der Waals surface area contributed by atoms with Crippen LogP contribution in [0, 0.1) is 6.92 Å². The van der Waals surface area contributed by atoms with E-state index in [0.717, 1.165) is 62.7 Å². The summed E-state index contributed by atoms with van der Waals surface area (Å²) >= 11 is 1.83. The van der Waals surface area contributed by atoms with Crippen LogP contribution in [0.25, 0.3) is 5.65 Å². The first-order valence-electron chi connectivity index (χ1n) is 10.5. The van der Waals surface area contributed by atoms with Gasteiger partial charge in [0.05, 0.1) is 10.7 Å². The van der Waals surface area contributed by atoms with Crippen LogP contribution in [-0.4, -0.2) is 47.6 Å². The van der Waals surface area contributed by atoms with Gasteiger partial charge in [0.25, 0.3) is 0 Å². The molecule has 0 amide bonds. The van der Waals surface area contributed by atoms with Gasteiger partial charge < -0.3 is 19.9 Å². The Bertz CT molecular complexity index is 938. The first-order chi connectivity index (χ1) is 14.2. The minimum atomic E-state index is 0.474. The lowest BCUT2D eigenvalue weighted by Gasteiger charge is -2.33. The summed E-state index contributed by atoms with van der Waals surface area (Å²) in [4.78, 5) is 12.0. The van der Waals surface area contributed by atoms with Crippen LogP contribution < -0.4 is 15.5 Å². The molecular formula is C22H30N6S. The highest BCUT2D eigenvalue weighted by molar-refractivity contribution is 7.14. The van der Waals surface area contributed by atoms with Crippen molar-refractivity contribution in [1.29, 1.82) is 0 Å². The van der Waals surface area contributed by atoms with Gasteiger partial charge in [-0.05, 0) is 55.8 Å². The van der Waals surface area contributed by atoms with E-state index in [0.29, 0.717) is 6.04 Å². The standard InChI is InChI=1S/C22H30N6S/c1-3-23-22(26-18-9-13-27(14-10-18)20-7-5-15-29-20)24-11-8-19-16-28-12-4-6-17(2)21(28)25-19/h4-7,12,15-16,18H,3,8-11,13-14H2,1-2H3,(H2,23,24,26). The largest absolute Gasteiger partial charge is 0.363 e. The lowest BCUT2D eigenvalue weighted by atomic mass is 10.1. The topological polar surface area (TPSA) is 57.0 Å². The van der Waals surface area contributed by atoms with Gasteiger partial charge in [-0.2, -0.15) is 0 Å². The Labute approximate surface area is 176 Å². The number of rotatable bonds is 6. The number of nitrogens with one attached hydrogen (secondary N) is 2. The van der Waals surface area contributed by atoms with E-state index in [1.165, 1.54) is 10.6 Å². The molecular weight excluding hydrogens is 380 g/mol. The molecule has 0 unspecified atom stereocenters. The number of aryl methyl sites for hydroxylation is 1. The number of aromatic nitrogens is 2. The summed E-state index contributed by atoms with van der Waals surface area (Å²) in [5.41, 5.74) is 3.32. The number of aliphatic imine (C=N–C) groups is 1. The Morgan fingerprint density at radius 1 is 1.28 bits per heavy atom. The maximum absolute atomic E-state index is 4.80. The van der Waals surface area contributed by atoms with Crippen molar-refractivity contribution in [3.63, 3.8) is 0 Å². The van der Waals surface area contributed by atoms with E-state index in [-0.39, 0.29) is 0 Å². The maximum atomic E-state index is 4.80. The summed E-state index contributed by atoms with van der Waals surface area (Å²) in [6.45, 7) is 8.00. The van der Waals surface area contributed by atoms with Crippen LogP contribution in [0.15, 0.2) is 47.0 Å². The molecule has 0 radical (unpaired) electrons. The molecule has 1 saturated heterocycles. The molecule has 4 heterocycles. The van der Waals surface area contributed by atoms with Gasteiger partial charge in [-0.3, -0.25) is 4.99 Å². The van der Waals surface area contributed by atoms with Crippen LogP contribution in [-0.2, 0) is 6.42 Å². The minimum Gasteiger partial charge on any atom is -0.363 e. The van der Waals surface area contributed by atoms with E-state index in [1.54, 1.807) is 0 Å². The first kappa shape index (κ1) is 19.8. The molecule has 29 heavy (non-hydrogen) atoms. The van der Waals surface area contributed by atoms with Crippen molar-refractivity contribution in [2.75, 3.05) is 31.1 Å². The highest BCUT2D eigenvalue weighted by atomic mass is 32.1. The molecule has 0 aromatic carbocycles.